The highest BCUT2D eigenvalue weighted by molar-refractivity contribution is 9.10. The second-order valence-corrected chi connectivity index (χ2v) is 8.88. The molecule has 0 amide bonds. The molecule has 0 spiro atoms. The third-order valence-corrected chi connectivity index (χ3v) is 7.25. The fourth-order valence-corrected chi connectivity index (χ4v) is 4.77. The molecule has 2 aromatic carbocycles. The van der Waals surface area contributed by atoms with E-state index >= 15 is 0 Å². The Bertz CT molecular complexity index is 844. The van der Waals surface area contributed by atoms with Crippen molar-refractivity contribution >= 4 is 31.6 Å². The maximum Gasteiger partial charge on any atom is 0.243 e. The smallest absolute Gasteiger partial charge is 0.243 e. The van der Waals surface area contributed by atoms with Crippen molar-refractivity contribution in [1.82, 2.24) is 4.31 Å². The van der Waals surface area contributed by atoms with E-state index in [1.807, 2.05) is 19.1 Å². The Morgan fingerprint density at radius 1 is 0.917 bits per heavy atom. The fraction of sp³-hybridized carbons (Fsp3) is 0.333. The van der Waals surface area contributed by atoms with Gasteiger partial charge in [0, 0.05) is 36.3 Å². The highest BCUT2D eigenvalue weighted by atomic mass is 79.9. The molecule has 0 bridgehead atoms. The van der Waals surface area contributed by atoms with Crippen molar-refractivity contribution in [3.8, 4) is 0 Å². The van der Waals surface area contributed by atoms with Gasteiger partial charge >= 0.3 is 0 Å². The monoisotopic (exact) mass is 408 g/mol. The predicted octanol–water partition coefficient (Wildman–Crippen LogP) is 3.58. The van der Waals surface area contributed by atoms with Crippen LogP contribution in [0.3, 0.4) is 0 Å². The van der Waals surface area contributed by atoms with E-state index in [0.717, 1.165) is 10.0 Å². The molecule has 2 aromatic rings. The highest BCUT2D eigenvalue weighted by Crippen LogP contribution is 2.25. The van der Waals surface area contributed by atoms with E-state index < -0.39 is 10.0 Å². The van der Waals surface area contributed by atoms with Gasteiger partial charge in [0.2, 0.25) is 10.0 Å². The Kier molecular flexibility index (Phi) is 4.99. The predicted molar refractivity (Wildman–Crippen MR) is 101 cm³/mol. The van der Waals surface area contributed by atoms with Crippen molar-refractivity contribution in [2.24, 2.45) is 0 Å². The summed E-state index contributed by atoms with van der Waals surface area (Å²) < 4.78 is 28.2. The number of rotatable bonds is 3. The van der Waals surface area contributed by atoms with Gasteiger partial charge in [0.1, 0.15) is 0 Å². The van der Waals surface area contributed by atoms with E-state index in [1.54, 1.807) is 22.5 Å². The Morgan fingerprint density at radius 2 is 1.58 bits per heavy atom. The van der Waals surface area contributed by atoms with Gasteiger partial charge in [-0.25, -0.2) is 8.42 Å². The normalized spacial score (nSPS) is 16.4. The molecule has 4 nitrogen and oxygen atoms in total. The van der Waals surface area contributed by atoms with E-state index in [9.17, 15) is 8.42 Å². The lowest BCUT2D eigenvalue weighted by Crippen LogP contribution is -2.48. The molecule has 0 saturated carbocycles. The largest absolute Gasteiger partial charge is 0.369 e. The minimum atomic E-state index is -3.43. The van der Waals surface area contributed by atoms with E-state index in [2.05, 4.69) is 39.9 Å². The Morgan fingerprint density at radius 3 is 2.21 bits per heavy atom. The standard InChI is InChI=1S/C18H21BrN2O2S/c1-14-5-3-4-6-18(14)20-9-11-21(12-10-20)24(22,23)16-7-8-17(19)15(2)13-16/h3-8,13H,9-12H2,1-2H3. The molecule has 6 heteroatoms. The summed E-state index contributed by atoms with van der Waals surface area (Å²) in [5.74, 6) is 0. The summed E-state index contributed by atoms with van der Waals surface area (Å²) in [6, 6.07) is 13.4. The quantitative estimate of drug-likeness (QED) is 0.778. The van der Waals surface area contributed by atoms with Gasteiger partial charge < -0.3 is 4.90 Å². The summed E-state index contributed by atoms with van der Waals surface area (Å²) in [6.07, 6.45) is 0. The number of para-hydroxylation sites is 1. The molecular formula is C18H21BrN2O2S. The molecule has 0 aromatic heterocycles. The zero-order valence-electron chi connectivity index (χ0n) is 13.9. The first-order valence-corrected chi connectivity index (χ1v) is 10.2. The molecule has 3 rings (SSSR count). The first-order valence-electron chi connectivity index (χ1n) is 7.96. The minimum Gasteiger partial charge on any atom is -0.369 e. The van der Waals surface area contributed by atoms with Crippen LogP contribution in [0.25, 0.3) is 0 Å². The van der Waals surface area contributed by atoms with Gasteiger partial charge in [0.25, 0.3) is 0 Å². The van der Waals surface area contributed by atoms with Gasteiger partial charge in [-0.2, -0.15) is 4.31 Å². The maximum absolute atomic E-state index is 12.9. The van der Waals surface area contributed by atoms with E-state index in [0.29, 0.717) is 31.1 Å². The lowest BCUT2D eigenvalue weighted by atomic mass is 10.1. The maximum atomic E-state index is 12.9. The molecule has 0 N–H and O–H groups in total. The number of sulfonamides is 1. The van der Waals surface area contributed by atoms with E-state index in [4.69, 9.17) is 0 Å². The molecule has 1 aliphatic rings. The van der Waals surface area contributed by atoms with Crippen molar-refractivity contribution in [3.63, 3.8) is 0 Å². The molecule has 1 fully saturated rings. The molecule has 1 saturated heterocycles. The summed E-state index contributed by atoms with van der Waals surface area (Å²) in [7, 11) is -3.43. The minimum absolute atomic E-state index is 0.368. The molecular weight excluding hydrogens is 388 g/mol. The van der Waals surface area contributed by atoms with E-state index in [1.165, 1.54) is 11.3 Å². The van der Waals surface area contributed by atoms with Gasteiger partial charge in [0.15, 0.2) is 0 Å². The van der Waals surface area contributed by atoms with Crippen molar-refractivity contribution < 1.29 is 8.42 Å². The van der Waals surface area contributed by atoms with Crippen LogP contribution in [-0.4, -0.2) is 38.9 Å². The Balaban J connectivity index is 1.76. The second-order valence-electron chi connectivity index (χ2n) is 6.09. The SMILES string of the molecule is Cc1cc(S(=O)(=O)N2CCN(c3ccccc3C)CC2)ccc1Br. The number of anilines is 1. The van der Waals surface area contributed by atoms with Crippen LogP contribution in [0.1, 0.15) is 11.1 Å². The average molecular weight is 409 g/mol. The molecule has 1 aliphatic heterocycles. The number of benzene rings is 2. The van der Waals surface area contributed by atoms with Crippen LogP contribution in [-0.2, 0) is 10.0 Å². The van der Waals surface area contributed by atoms with Gasteiger partial charge in [-0.15, -0.1) is 0 Å². The van der Waals surface area contributed by atoms with Gasteiger partial charge in [-0.1, -0.05) is 34.1 Å². The van der Waals surface area contributed by atoms with Crippen LogP contribution in [0.15, 0.2) is 51.8 Å². The molecule has 1 heterocycles. The molecule has 128 valence electrons. The van der Waals surface area contributed by atoms with Gasteiger partial charge in [-0.05, 0) is 49.2 Å². The number of halogens is 1. The topological polar surface area (TPSA) is 40.6 Å². The van der Waals surface area contributed by atoms with E-state index in [-0.39, 0.29) is 0 Å². The summed E-state index contributed by atoms with van der Waals surface area (Å²) in [5, 5.41) is 0. The lowest BCUT2D eigenvalue weighted by Gasteiger charge is -2.36. The van der Waals surface area contributed by atoms with Crippen molar-refractivity contribution in [3.05, 3.63) is 58.1 Å². The third kappa shape index (κ3) is 3.36. The van der Waals surface area contributed by atoms with Crippen LogP contribution in [0.5, 0.6) is 0 Å². The molecule has 0 atom stereocenters. The molecule has 0 aliphatic carbocycles. The Labute approximate surface area is 152 Å². The molecule has 0 unspecified atom stereocenters. The number of piperazine rings is 1. The molecule has 0 radical (unpaired) electrons. The first kappa shape index (κ1) is 17.5. The van der Waals surface area contributed by atoms with Crippen LogP contribution in [0, 0.1) is 13.8 Å². The van der Waals surface area contributed by atoms with Crippen LogP contribution in [0.2, 0.25) is 0 Å². The summed E-state index contributed by atoms with van der Waals surface area (Å²) in [6.45, 7) is 6.42. The summed E-state index contributed by atoms with van der Waals surface area (Å²) in [5.41, 5.74) is 3.33. The van der Waals surface area contributed by atoms with Gasteiger partial charge in [-0.3, -0.25) is 0 Å². The second kappa shape index (κ2) is 6.86. The lowest BCUT2D eigenvalue weighted by molar-refractivity contribution is 0.384. The highest BCUT2D eigenvalue weighted by Gasteiger charge is 2.29. The summed E-state index contributed by atoms with van der Waals surface area (Å²) >= 11 is 3.42. The molecule has 24 heavy (non-hydrogen) atoms. The number of hydrogen-bond acceptors (Lipinski definition) is 3. The Hall–Kier alpha value is -1.37. The van der Waals surface area contributed by atoms with Crippen molar-refractivity contribution in [2.75, 3.05) is 31.1 Å². The van der Waals surface area contributed by atoms with Crippen LogP contribution < -0.4 is 4.90 Å². The number of nitrogens with zero attached hydrogens (tertiary/aromatic N) is 2. The van der Waals surface area contributed by atoms with Crippen LogP contribution in [0.4, 0.5) is 5.69 Å². The van der Waals surface area contributed by atoms with Crippen molar-refractivity contribution in [2.45, 2.75) is 18.7 Å². The average Bonchev–Trinajstić information content (AvgIpc) is 2.58. The zero-order chi connectivity index (χ0) is 17.3. The zero-order valence-corrected chi connectivity index (χ0v) is 16.3. The van der Waals surface area contributed by atoms with Gasteiger partial charge in [0.05, 0.1) is 4.90 Å². The number of hydrogen-bond donors (Lipinski definition) is 0. The third-order valence-electron chi connectivity index (χ3n) is 4.46. The van der Waals surface area contributed by atoms with Crippen molar-refractivity contribution in [1.29, 1.82) is 0 Å². The first-order chi connectivity index (χ1) is 11.4. The van der Waals surface area contributed by atoms with Crippen LogP contribution >= 0.6 is 15.9 Å². The fourth-order valence-electron chi connectivity index (χ4n) is 3.01. The summed E-state index contributed by atoms with van der Waals surface area (Å²) in [4.78, 5) is 2.63. The number of aryl methyl sites for hydroxylation is 2.